The maximum atomic E-state index is 7.69. The van der Waals surface area contributed by atoms with Crippen molar-refractivity contribution >= 4 is 17.3 Å². The number of imidazole rings is 1. The van der Waals surface area contributed by atoms with Crippen LogP contribution in [0.1, 0.15) is 57.7 Å². The Balaban J connectivity index is 1.48. The highest BCUT2D eigenvalue weighted by molar-refractivity contribution is 5.60. The normalized spacial score (nSPS) is 16.3. The van der Waals surface area contributed by atoms with Gasteiger partial charge in [0.1, 0.15) is 5.82 Å². The lowest BCUT2D eigenvalue weighted by molar-refractivity contribution is 0.189. The SMILES string of the molecule is [2H]C[C@@H](CCC)Oc1nc(N)c2ncc(Cc3cnc(N4CCC(CN(C)C)CC4)c(C)c3)n2n1. The van der Waals surface area contributed by atoms with Crippen molar-refractivity contribution in [2.75, 3.05) is 44.4 Å². The molecule has 2 N–H and O–H groups in total. The summed E-state index contributed by atoms with van der Waals surface area (Å²) in [6, 6.07) is 2.38. The van der Waals surface area contributed by atoms with Crippen LogP contribution in [-0.4, -0.2) is 69.3 Å². The van der Waals surface area contributed by atoms with Crippen molar-refractivity contribution in [2.24, 2.45) is 5.92 Å². The van der Waals surface area contributed by atoms with Gasteiger partial charge in [-0.3, -0.25) is 0 Å². The third-order valence-corrected chi connectivity index (χ3v) is 6.35. The van der Waals surface area contributed by atoms with E-state index in [-0.39, 0.29) is 24.8 Å². The van der Waals surface area contributed by atoms with Gasteiger partial charge in [0.2, 0.25) is 0 Å². The molecule has 4 rings (SSSR count). The first-order chi connectivity index (χ1) is 16.9. The van der Waals surface area contributed by atoms with E-state index in [9.17, 15) is 0 Å². The minimum Gasteiger partial charge on any atom is -0.459 e. The lowest BCUT2D eigenvalue weighted by atomic mass is 9.96. The van der Waals surface area contributed by atoms with Crippen LogP contribution in [0.5, 0.6) is 6.01 Å². The van der Waals surface area contributed by atoms with E-state index in [1.165, 1.54) is 18.4 Å². The van der Waals surface area contributed by atoms with Gasteiger partial charge in [0.05, 0.1) is 18.0 Å². The molecule has 0 saturated carbocycles. The molecule has 3 aromatic heterocycles. The predicted octanol–water partition coefficient (Wildman–Crippen LogP) is 3.35. The van der Waals surface area contributed by atoms with E-state index in [0.717, 1.165) is 55.5 Å². The minimum atomic E-state index is -0.254. The lowest BCUT2D eigenvalue weighted by Gasteiger charge is -2.34. The highest BCUT2D eigenvalue weighted by Gasteiger charge is 2.22. The predicted molar refractivity (Wildman–Crippen MR) is 135 cm³/mol. The van der Waals surface area contributed by atoms with Crippen molar-refractivity contribution in [3.63, 3.8) is 0 Å². The van der Waals surface area contributed by atoms with Gasteiger partial charge in [0.15, 0.2) is 11.5 Å². The van der Waals surface area contributed by atoms with E-state index in [0.29, 0.717) is 12.1 Å². The molecule has 0 radical (unpaired) electrons. The third-order valence-electron chi connectivity index (χ3n) is 6.35. The first kappa shape index (κ1) is 22.8. The number of ether oxygens (including phenoxy) is 1. The quantitative estimate of drug-likeness (QED) is 0.512. The number of rotatable bonds is 9. The number of fused-ring (bicyclic) bond motifs is 1. The summed E-state index contributed by atoms with van der Waals surface area (Å²) in [6.07, 6.45) is 8.19. The Kier molecular flexibility index (Phi) is 7.08. The van der Waals surface area contributed by atoms with Crippen LogP contribution in [0.15, 0.2) is 18.5 Å². The second kappa shape index (κ2) is 10.5. The van der Waals surface area contributed by atoms with Crippen LogP contribution in [0.3, 0.4) is 0 Å². The standard InChI is InChI=1S/C25H38N8O/c1-6-7-18(3)34-25-29-22(26)24-28-15-21(33(24)30-25)13-20-12-17(2)23(27-14-20)32-10-8-19(9-11-32)16-31(4)5/h12,14-15,18-19H,6-11,13,16H2,1-5H3,(H2,26,29,30)/t18-/m0/s1/i3D. The van der Waals surface area contributed by atoms with Crippen molar-refractivity contribution < 1.29 is 6.11 Å². The Hall–Kier alpha value is -2.94. The molecule has 3 aromatic rings. The van der Waals surface area contributed by atoms with Crippen molar-refractivity contribution in [2.45, 2.75) is 59.0 Å². The van der Waals surface area contributed by atoms with Gasteiger partial charge in [-0.25, -0.2) is 14.5 Å². The fourth-order valence-corrected chi connectivity index (χ4v) is 4.74. The van der Waals surface area contributed by atoms with Crippen LogP contribution in [-0.2, 0) is 6.42 Å². The van der Waals surface area contributed by atoms with Gasteiger partial charge in [-0.1, -0.05) is 19.4 Å². The third kappa shape index (κ3) is 5.58. The summed E-state index contributed by atoms with van der Waals surface area (Å²) in [5.74, 6) is 2.11. The molecule has 0 spiro atoms. The number of anilines is 2. The molecule has 9 nitrogen and oxygen atoms in total. The number of nitrogens with two attached hydrogens (primary N) is 1. The van der Waals surface area contributed by atoms with E-state index in [1.807, 2.05) is 6.20 Å². The maximum absolute atomic E-state index is 7.69. The maximum Gasteiger partial charge on any atom is 0.336 e. The van der Waals surface area contributed by atoms with Crippen LogP contribution in [0, 0.1) is 12.8 Å². The van der Waals surface area contributed by atoms with Gasteiger partial charge in [-0.05, 0) is 64.2 Å². The highest BCUT2D eigenvalue weighted by Crippen LogP contribution is 2.26. The summed E-state index contributed by atoms with van der Waals surface area (Å²) >= 11 is 0. The molecule has 1 aliphatic heterocycles. The van der Waals surface area contributed by atoms with E-state index in [4.69, 9.17) is 16.8 Å². The lowest BCUT2D eigenvalue weighted by Crippen LogP contribution is -2.37. The Morgan fingerprint density at radius 1 is 1.26 bits per heavy atom. The molecule has 0 bridgehead atoms. The number of hydrogen-bond acceptors (Lipinski definition) is 8. The number of nitrogen functional groups attached to an aromatic ring is 1. The molecular weight excluding hydrogens is 428 g/mol. The zero-order valence-corrected chi connectivity index (χ0v) is 20.9. The van der Waals surface area contributed by atoms with Crippen molar-refractivity contribution in [1.82, 2.24) is 29.5 Å². The van der Waals surface area contributed by atoms with Gasteiger partial charge in [-0.2, -0.15) is 4.98 Å². The number of hydrogen-bond donors (Lipinski definition) is 1. The molecule has 0 amide bonds. The average Bonchev–Trinajstić information content (AvgIpc) is 3.22. The monoisotopic (exact) mass is 467 g/mol. The molecule has 0 aromatic carbocycles. The van der Waals surface area contributed by atoms with E-state index in [1.54, 1.807) is 10.7 Å². The van der Waals surface area contributed by atoms with Crippen molar-refractivity contribution in [3.05, 3.63) is 35.3 Å². The molecule has 1 fully saturated rings. The Morgan fingerprint density at radius 2 is 2.06 bits per heavy atom. The zero-order chi connectivity index (χ0) is 24.9. The molecule has 0 unspecified atom stereocenters. The second-order valence-corrected chi connectivity index (χ2v) is 9.65. The summed E-state index contributed by atoms with van der Waals surface area (Å²) in [4.78, 5) is 18.2. The summed E-state index contributed by atoms with van der Waals surface area (Å²) in [7, 11) is 4.30. The summed E-state index contributed by atoms with van der Waals surface area (Å²) < 4.78 is 15.2. The fraction of sp³-hybridized carbons (Fsp3) is 0.600. The summed E-state index contributed by atoms with van der Waals surface area (Å²) in [5, 5.41) is 4.53. The van der Waals surface area contributed by atoms with E-state index in [2.05, 4.69) is 58.9 Å². The molecule has 1 saturated heterocycles. The number of aryl methyl sites for hydroxylation is 1. The highest BCUT2D eigenvalue weighted by atomic mass is 16.5. The Morgan fingerprint density at radius 3 is 2.74 bits per heavy atom. The minimum absolute atomic E-state index is 0.149. The topological polar surface area (TPSA) is 97.7 Å². The molecule has 9 heteroatoms. The smallest absolute Gasteiger partial charge is 0.336 e. The molecular formula is C25H38N8O. The first-order valence-electron chi connectivity index (χ1n) is 12.9. The second-order valence-electron chi connectivity index (χ2n) is 9.65. The van der Waals surface area contributed by atoms with Crippen LogP contribution in [0.2, 0.25) is 0 Å². The average molecular weight is 468 g/mol. The Bertz CT molecular complexity index is 1130. The van der Waals surface area contributed by atoms with Gasteiger partial charge >= 0.3 is 6.01 Å². The first-order valence-corrected chi connectivity index (χ1v) is 12.2. The van der Waals surface area contributed by atoms with Gasteiger partial charge in [0, 0.05) is 33.6 Å². The van der Waals surface area contributed by atoms with Gasteiger partial charge < -0.3 is 20.3 Å². The van der Waals surface area contributed by atoms with Gasteiger partial charge in [-0.15, -0.1) is 5.10 Å². The molecule has 1 aliphatic rings. The molecule has 184 valence electrons. The van der Waals surface area contributed by atoms with Crippen molar-refractivity contribution in [3.8, 4) is 6.01 Å². The summed E-state index contributed by atoms with van der Waals surface area (Å²) in [5.41, 5.74) is 9.79. The number of aromatic nitrogens is 5. The van der Waals surface area contributed by atoms with Gasteiger partial charge in [0.25, 0.3) is 0 Å². The molecule has 1 atom stereocenters. The van der Waals surface area contributed by atoms with Crippen molar-refractivity contribution in [1.29, 1.82) is 0 Å². The number of nitrogens with zero attached hydrogens (tertiary/aromatic N) is 7. The molecule has 4 heterocycles. The largest absolute Gasteiger partial charge is 0.459 e. The number of pyridine rings is 1. The molecule has 0 aliphatic carbocycles. The zero-order valence-electron chi connectivity index (χ0n) is 21.9. The van der Waals surface area contributed by atoms with Crippen LogP contribution in [0.25, 0.3) is 5.65 Å². The van der Waals surface area contributed by atoms with Crippen LogP contribution in [0.4, 0.5) is 11.6 Å². The number of piperidine rings is 1. The molecule has 34 heavy (non-hydrogen) atoms. The summed E-state index contributed by atoms with van der Waals surface area (Å²) in [6.45, 7) is 7.60. The van der Waals surface area contributed by atoms with E-state index >= 15 is 0 Å². The van der Waals surface area contributed by atoms with E-state index < -0.39 is 0 Å². The fourth-order valence-electron chi connectivity index (χ4n) is 4.74. The van der Waals surface area contributed by atoms with Crippen LogP contribution >= 0.6 is 0 Å². The van der Waals surface area contributed by atoms with Crippen LogP contribution < -0.4 is 15.4 Å². The Labute approximate surface area is 203 Å².